The van der Waals surface area contributed by atoms with E-state index < -0.39 is 16.0 Å². The minimum atomic E-state index is -3.50. The van der Waals surface area contributed by atoms with Gasteiger partial charge in [-0.2, -0.15) is 4.31 Å². The van der Waals surface area contributed by atoms with Crippen molar-refractivity contribution in [3.05, 3.63) is 70.7 Å². The molecule has 0 atom stereocenters. The lowest BCUT2D eigenvalue weighted by Gasteiger charge is -2.31. The van der Waals surface area contributed by atoms with E-state index in [0.29, 0.717) is 52.8 Å². The van der Waals surface area contributed by atoms with E-state index in [9.17, 15) is 18.0 Å². The smallest absolute Gasteiger partial charge is 0.337 e. The van der Waals surface area contributed by atoms with Crippen molar-refractivity contribution in [3.8, 4) is 10.6 Å². The Kier molecular flexibility index (Phi) is 7.63. The summed E-state index contributed by atoms with van der Waals surface area (Å²) in [5, 5.41) is 3.59. The second kappa shape index (κ2) is 10.7. The zero-order valence-electron chi connectivity index (χ0n) is 19.6. The number of amides is 1. The summed E-state index contributed by atoms with van der Waals surface area (Å²) in [4.78, 5) is 29.6. The molecule has 8 nitrogen and oxygen atoms in total. The number of benzene rings is 2. The molecule has 3 aromatic rings. The lowest BCUT2D eigenvalue weighted by Crippen LogP contribution is -2.41. The van der Waals surface area contributed by atoms with Crippen LogP contribution in [-0.2, 0) is 14.8 Å². The number of piperidine rings is 1. The number of hydrogen-bond acceptors (Lipinski definition) is 7. The molecule has 0 spiro atoms. The highest BCUT2D eigenvalue weighted by atomic mass is 32.2. The van der Waals surface area contributed by atoms with E-state index in [0.717, 1.165) is 11.1 Å². The van der Waals surface area contributed by atoms with Gasteiger partial charge in [0.25, 0.3) is 5.91 Å². The van der Waals surface area contributed by atoms with E-state index in [1.807, 2.05) is 13.0 Å². The molecule has 10 heteroatoms. The van der Waals surface area contributed by atoms with Crippen molar-refractivity contribution in [1.82, 2.24) is 14.6 Å². The van der Waals surface area contributed by atoms with Crippen LogP contribution < -0.4 is 5.32 Å². The monoisotopic (exact) mass is 513 g/mol. The van der Waals surface area contributed by atoms with Gasteiger partial charge in [0.1, 0.15) is 9.88 Å². The molecule has 0 bridgehead atoms. The van der Waals surface area contributed by atoms with Crippen LogP contribution in [0.15, 0.2) is 59.6 Å². The maximum absolute atomic E-state index is 12.9. The first-order chi connectivity index (χ1) is 16.8. The zero-order valence-corrected chi connectivity index (χ0v) is 21.2. The molecule has 0 radical (unpaired) electrons. The minimum absolute atomic E-state index is 0.201. The van der Waals surface area contributed by atoms with Gasteiger partial charge in [-0.25, -0.2) is 18.2 Å². The number of nitrogens with zero attached hydrogens (tertiary/aromatic N) is 2. The number of sulfonamides is 1. The topological polar surface area (TPSA) is 106 Å². The van der Waals surface area contributed by atoms with Gasteiger partial charge in [0.15, 0.2) is 0 Å². The summed E-state index contributed by atoms with van der Waals surface area (Å²) in [5.41, 5.74) is 2.17. The summed E-state index contributed by atoms with van der Waals surface area (Å²) >= 11 is 1.25. The van der Waals surface area contributed by atoms with E-state index in [2.05, 4.69) is 10.3 Å². The van der Waals surface area contributed by atoms with E-state index in [4.69, 9.17) is 4.74 Å². The van der Waals surface area contributed by atoms with Crippen LogP contribution in [0.4, 0.5) is 0 Å². The average Bonchev–Trinajstić information content (AvgIpc) is 3.38. The van der Waals surface area contributed by atoms with Crippen LogP contribution in [0, 0.1) is 12.8 Å². The van der Waals surface area contributed by atoms with Crippen molar-refractivity contribution in [2.24, 2.45) is 5.92 Å². The Labute approximate surface area is 209 Å². The fourth-order valence-electron chi connectivity index (χ4n) is 3.95. The molecule has 35 heavy (non-hydrogen) atoms. The number of carbonyl (C=O) groups is 2. The standard InChI is InChI=1S/C25H27N3O5S2/c1-17-6-8-21(9-7-17)35(31,32)28-12-10-18(11-13-28)15-26-23(29)22-16-27-24(34-22)19-4-3-5-20(14-19)25(30)33-2/h3-9,14,16,18H,10-13,15H2,1-2H3,(H,26,29). The molecular weight excluding hydrogens is 486 g/mol. The number of nitrogens with one attached hydrogen (secondary N) is 1. The molecule has 1 saturated heterocycles. The first-order valence-electron chi connectivity index (χ1n) is 11.3. The molecular formula is C25H27N3O5S2. The number of thiazole rings is 1. The highest BCUT2D eigenvalue weighted by Crippen LogP contribution is 2.27. The number of aromatic nitrogens is 1. The van der Waals surface area contributed by atoms with Gasteiger partial charge < -0.3 is 10.1 Å². The third-order valence-corrected chi connectivity index (χ3v) is 9.00. The average molecular weight is 514 g/mol. The predicted octanol–water partition coefficient (Wildman–Crippen LogP) is 3.74. The number of rotatable bonds is 7. The fourth-order valence-corrected chi connectivity index (χ4v) is 6.25. The highest BCUT2D eigenvalue weighted by molar-refractivity contribution is 7.89. The first-order valence-corrected chi connectivity index (χ1v) is 13.5. The van der Waals surface area contributed by atoms with Crippen molar-refractivity contribution in [2.75, 3.05) is 26.7 Å². The van der Waals surface area contributed by atoms with Crippen LogP contribution in [0.5, 0.6) is 0 Å². The number of ether oxygens (including phenoxy) is 1. The Morgan fingerprint density at radius 3 is 2.54 bits per heavy atom. The summed E-state index contributed by atoms with van der Waals surface area (Å²) in [6.45, 7) is 3.25. The predicted molar refractivity (Wildman–Crippen MR) is 134 cm³/mol. The maximum atomic E-state index is 12.9. The van der Waals surface area contributed by atoms with Crippen LogP contribution >= 0.6 is 11.3 Å². The summed E-state index contributed by atoms with van der Waals surface area (Å²) in [6, 6.07) is 13.8. The van der Waals surface area contributed by atoms with Crippen molar-refractivity contribution in [3.63, 3.8) is 0 Å². The number of methoxy groups -OCH3 is 1. The van der Waals surface area contributed by atoms with Gasteiger partial charge in [-0.3, -0.25) is 4.79 Å². The van der Waals surface area contributed by atoms with Crippen LogP contribution in [0.2, 0.25) is 0 Å². The summed E-state index contributed by atoms with van der Waals surface area (Å²) < 4.78 is 32.0. The number of hydrogen-bond donors (Lipinski definition) is 1. The highest BCUT2D eigenvalue weighted by Gasteiger charge is 2.29. The molecule has 0 unspecified atom stereocenters. The van der Waals surface area contributed by atoms with Crippen LogP contribution in [-0.4, -0.2) is 56.3 Å². The molecule has 0 aliphatic carbocycles. The third-order valence-electron chi connectivity index (χ3n) is 6.04. The molecule has 1 N–H and O–H groups in total. The van der Waals surface area contributed by atoms with Crippen LogP contribution in [0.25, 0.3) is 10.6 Å². The zero-order chi connectivity index (χ0) is 25.0. The van der Waals surface area contributed by atoms with Crippen LogP contribution in [0.3, 0.4) is 0 Å². The van der Waals surface area contributed by atoms with E-state index in [1.54, 1.807) is 42.5 Å². The van der Waals surface area contributed by atoms with Crippen molar-refractivity contribution in [2.45, 2.75) is 24.7 Å². The summed E-state index contributed by atoms with van der Waals surface area (Å²) in [5.74, 6) is -0.445. The second-order valence-corrected chi connectivity index (χ2v) is 11.4. The Balaban J connectivity index is 1.31. The Morgan fingerprint density at radius 1 is 1.14 bits per heavy atom. The number of aryl methyl sites for hydroxylation is 1. The minimum Gasteiger partial charge on any atom is -0.465 e. The molecule has 4 rings (SSSR count). The molecule has 1 aliphatic rings. The van der Waals surface area contributed by atoms with Gasteiger partial charge in [0, 0.05) is 25.2 Å². The van der Waals surface area contributed by atoms with Crippen molar-refractivity contribution < 1.29 is 22.7 Å². The quantitative estimate of drug-likeness (QED) is 0.483. The Bertz CT molecular complexity index is 1310. The van der Waals surface area contributed by atoms with Crippen LogP contribution in [0.1, 0.15) is 38.4 Å². The molecule has 2 heterocycles. The molecule has 1 aliphatic heterocycles. The lowest BCUT2D eigenvalue weighted by molar-refractivity contribution is 0.0600. The normalized spacial score (nSPS) is 15.0. The molecule has 1 fully saturated rings. The first kappa shape index (κ1) is 25.0. The lowest BCUT2D eigenvalue weighted by atomic mass is 9.98. The summed E-state index contributed by atoms with van der Waals surface area (Å²) in [7, 11) is -2.17. The van der Waals surface area contributed by atoms with Gasteiger partial charge in [-0.05, 0) is 49.9 Å². The van der Waals surface area contributed by atoms with E-state index >= 15 is 0 Å². The Morgan fingerprint density at radius 2 is 1.86 bits per heavy atom. The molecule has 1 amide bonds. The van der Waals surface area contributed by atoms with E-state index in [1.165, 1.54) is 28.9 Å². The van der Waals surface area contributed by atoms with Gasteiger partial charge in [0.2, 0.25) is 10.0 Å². The van der Waals surface area contributed by atoms with Gasteiger partial charge in [-0.1, -0.05) is 29.8 Å². The SMILES string of the molecule is COC(=O)c1cccc(-c2ncc(C(=O)NCC3CCN(S(=O)(=O)c4ccc(C)cc4)CC3)s2)c1. The van der Waals surface area contributed by atoms with Crippen molar-refractivity contribution in [1.29, 1.82) is 0 Å². The second-order valence-electron chi connectivity index (χ2n) is 8.47. The molecule has 2 aromatic carbocycles. The largest absolute Gasteiger partial charge is 0.465 e. The molecule has 1 aromatic heterocycles. The number of esters is 1. The van der Waals surface area contributed by atoms with Crippen molar-refractivity contribution >= 4 is 33.2 Å². The fraction of sp³-hybridized carbons (Fsp3) is 0.320. The van der Waals surface area contributed by atoms with Gasteiger partial charge in [0.05, 0.1) is 23.8 Å². The Hall–Kier alpha value is -3.08. The number of carbonyl (C=O) groups excluding carboxylic acids is 2. The summed E-state index contributed by atoms with van der Waals surface area (Å²) in [6.07, 6.45) is 2.89. The molecule has 184 valence electrons. The maximum Gasteiger partial charge on any atom is 0.337 e. The van der Waals surface area contributed by atoms with Gasteiger partial charge >= 0.3 is 5.97 Å². The molecule has 0 saturated carbocycles. The van der Waals surface area contributed by atoms with Gasteiger partial charge in [-0.15, -0.1) is 11.3 Å². The van der Waals surface area contributed by atoms with E-state index in [-0.39, 0.29) is 11.8 Å². The third kappa shape index (κ3) is 5.77.